The van der Waals surface area contributed by atoms with E-state index in [0.717, 1.165) is 39.8 Å². The second kappa shape index (κ2) is 9.91. The van der Waals surface area contributed by atoms with Gasteiger partial charge < -0.3 is 5.73 Å². The molecule has 0 bridgehead atoms. The van der Waals surface area contributed by atoms with E-state index in [9.17, 15) is 4.39 Å². The standard InChI is InChI=1S/C19H22FN7.C8H16/c1-19(2,3)11-15-17-13(6-8-27(17)24-18(21)22-15)12-4-5-14-16(10-12)26(9-7-20)25-23-14;1-8(2)6-4-3-5-7-8/h4-6,8,10H,7,9,11H2,1-3H3,(H2,21,24);3-7H2,1-2H3. The zero-order valence-corrected chi connectivity index (χ0v) is 21.7. The van der Waals surface area contributed by atoms with Crippen LogP contribution >= 0.6 is 0 Å². The molecular formula is C27H38FN7. The molecule has 35 heavy (non-hydrogen) atoms. The molecule has 1 aliphatic rings. The molecule has 0 radical (unpaired) electrons. The van der Waals surface area contributed by atoms with Gasteiger partial charge in [0, 0.05) is 11.8 Å². The minimum absolute atomic E-state index is 0.0520. The maximum Gasteiger partial charge on any atom is 0.238 e. The molecular weight excluding hydrogens is 441 g/mol. The summed E-state index contributed by atoms with van der Waals surface area (Å²) in [7, 11) is 0. The summed E-state index contributed by atoms with van der Waals surface area (Å²) in [5, 5.41) is 12.4. The van der Waals surface area contributed by atoms with Gasteiger partial charge >= 0.3 is 0 Å². The van der Waals surface area contributed by atoms with Gasteiger partial charge in [0.05, 0.1) is 23.3 Å². The number of nitrogens with two attached hydrogens (primary N) is 1. The van der Waals surface area contributed by atoms with E-state index in [1.165, 1.54) is 32.1 Å². The summed E-state index contributed by atoms with van der Waals surface area (Å²) in [6.07, 6.45) is 9.96. The normalized spacial score (nSPS) is 15.8. The molecule has 1 aromatic carbocycles. The first-order valence-electron chi connectivity index (χ1n) is 12.6. The van der Waals surface area contributed by atoms with E-state index in [4.69, 9.17) is 5.73 Å². The van der Waals surface area contributed by atoms with Crippen molar-refractivity contribution < 1.29 is 4.39 Å². The van der Waals surface area contributed by atoms with Crippen molar-refractivity contribution in [3.05, 3.63) is 36.2 Å². The van der Waals surface area contributed by atoms with E-state index in [1.807, 2.05) is 30.5 Å². The van der Waals surface area contributed by atoms with Gasteiger partial charge in [-0.1, -0.05) is 65.2 Å². The van der Waals surface area contributed by atoms with Gasteiger partial charge in [-0.3, -0.25) is 0 Å². The van der Waals surface area contributed by atoms with Crippen LogP contribution in [-0.2, 0) is 13.0 Å². The largest absolute Gasteiger partial charge is 0.367 e. The first kappa shape index (κ1) is 25.1. The Hall–Kier alpha value is -3.03. The van der Waals surface area contributed by atoms with Crippen molar-refractivity contribution in [2.45, 2.75) is 79.7 Å². The molecule has 0 saturated heterocycles. The van der Waals surface area contributed by atoms with Crippen LogP contribution in [0.4, 0.5) is 10.3 Å². The maximum atomic E-state index is 12.8. The van der Waals surface area contributed by atoms with Gasteiger partial charge in [0.25, 0.3) is 0 Å². The van der Waals surface area contributed by atoms with Gasteiger partial charge in [0.15, 0.2) is 0 Å². The van der Waals surface area contributed by atoms with Crippen molar-refractivity contribution in [1.29, 1.82) is 0 Å². The van der Waals surface area contributed by atoms with Crippen molar-refractivity contribution in [2.24, 2.45) is 10.8 Å². The van der Waals surface area contributed by atoms with E-state index in [0.29, 0.717) is 5.41 Å². The number of alkyl halides is 1. The van der Waals surface area contributed by atoms with Gasteiger partial charge in [0.2, 0.25) is 5.95 Å². The number of aromatic nitrogens is 6. The maximum absolute atomic E-state index is 12.8. The summed E-state index contributed by atoms with van der Waals surface area (Å²) < 4.78 is 16.2. The Morgan fingerprint density at radius 2 is 1.83 bits per heavy atom. The van der Waals surface area contributed by atoms with Crippen LogP contribution in [0.2, 0.25) is 0 Å². The summed E-state index contributed by atoms with van der Waals surface area (Å²) in [6, 6.07) is 7.87. The van der Waals surface area contributed by atoms with Crippen LogP contribution in [0.15, 0.2) is 30.5 Å². The molecule has 0 amide bonds. The number of fused-ring (bicyclic) bond motifs is 2. The van der Waals surface area contributed by atoms with E-state index in [-0.39, 0.29) is 17.9 Å². The van der Waals surface area contributed by atoms with Crippen molar-refractivity contribution in [2.75, 3.05) is 12.4 Å². The molecule has 7 nitrogen and oxygen atoms in total. The predicted octanol–water partition coefficient (Wildman–Crippen LogP) is 6.26. The lowest BCUT2D eigenvalue weighted by atomic mass is 9.78. The minimum atomic E-state index is -0.485. The van der Waals surface area contributed by atoms with Crippen LogP contribution < -0.4 is 5.73 Å². The van der Waals surface area contributed by atoms with E-state index in [2.05, 4.69) is 55.0 Å². The number of aryl methyl sites for hydroxylation is 1. The highest BCUT2D eigenvalue weighted by Gasteiger charge is 2.21. The predicted molar refractivity (Wildman–Crippen MR) is 140 cm³/mol. The highest BCUT2D eigenvalue weighted by atomic mass is 19.1. The molecule has 1 fully saturated rings. The summed E-state index contributed by atoms with van der Waals surface area (Å²) in [4.78, 5) is 4.51. The molecule has 0 spiro atoms. The fourth-order valence-corrected chi connectivity index (χ4v) is 4.86. The zero-order valence-electron chi connectivity index (χ0n) is 21.7. The molecule has 5 rings (SSSR count). The average Bonchev–Trinajstić information content (AvgIpc) is 3.37. The quantitative estimate of drug-likeness (QED) is 0.373. The second-order valence-electron chi connectivity index (χ2n) is 11.6. The molecule has 188 valence electrons. The topological polar surface area (TPSA) is 86.9 Å². The van der Waals surface area contributed by atoms with Crippen LogP contribution in [0.5, 0.6) is 0 Å². The van der Waals surface area contributed by atoms with E-state index in [1.54, 1.807) is 9.20 Å². The van der Waals surface area contributed by atoms with Crippen LogP contribution in [0.25, 0.3) is 27.7 Å². The molecule has 1 saturated carbocycles. The van der Waals surface area contributed by atoms with E-state index >= 15 is 0 Å². The first-order chi connectivity index (χ1) is 16.6. The van der Waals surface area contributed by atoms with Crippen molar-refractivity contribution in [3.63, 3.8) is 0 Å². The SMILES string of the molecule is CC(C)(C)Cc1nc(N)nn2ccc(-c3ccc4nnn(CCF)c4c3)c12.CC1(C)CCCCC1. The molecule has 3 heterocycles. The summed E-state index contributed by atoms with van der Waals surface area (Å²) in [5.74, 6) is 0.254. The fourth-order valence-electron chi connectivity index (χ4n) is 4.86. The molecule has 0 unspecified atom stereocenters. The van der Waals surface area contributed by atoms with Crippen molar-refractivity contribution >= 4 is 22.5 Å². The Bertz CT molecular complexity index is 1290. The van der Waals surface area contributed by atoms with Crippen LogP contribution in [0.3, 0.4) is 0 Å². The lowest BCUT2D eigenvalue weighted by molar-refractivity contribution is 0.244. The molecule has 1 aliphatic carbocycles. The van der Waals surface area contributed by atoms with E-state index < -0.39 is 6.67 Å². The number of nitrogens with zero attached hydrogens (tertiary/aromatic N) is 6. The Kier molecular flexibility index (Phi) is 7.10. The summed E-state index contributed by atoms with van der Waals surface area (Å²) >= 11 is 0. The average molecular weight is 480 g/mol. The molecule has 8 heteroatoms. The number of nitrogen functional groups attached to an aromatic ring is 1. The number of rotatable bonds is 4. The monoisotopic (exact) mass is 479 g/mol. The number of hydrogen-bond acceptors (Lipinski definition) is 5. The lowest BCUT2D eigenvalue weighted by Crippen LogP contribution is -2.14. The van der Waals surface area contributed by atoms with Crippen LogP contribution in [0.1, 0.15) is 72.4 Å². The fraction of sp³-hybridized carbons (Fsp3) is 0.556. The van der Waals surface area contributed by atoms with Gasteiger partial charge in [-0.2, -0.15) is 0 Å². The number of anilines is 1. The third-order valence-electron chi connectivity index (χ3n) is 6.63. The number of benzene rings is 1. The Balaban J connectivity index is 0.000000308. The smallest absolute Gasteiger partial charge is 0.238 e. The molecule has 3 aromatic heterocycles. The van der Waals surface area contributed by atoms with Gasteiger partial charge in [-0.05, 0) is 53.9 Å². The Morgan fingerprint density at radius 3 is 2.46 bits per heavy atom. The number of halogens is 1. The minimum Gasteiger partial charge on any atom is -0.367 e. The third kappa shape index (κ3) is 5.97. The van der Waals surface area contributed by atoms with Crippen LogP contribution in [0, 0.1) is 10.8 Å². The van der Waals surface area contributed by atoms with Crippen molar-refractivity contribution in [1.82, 2.24) is 29.6 Å². The Morgan fingerprint density at radius 1 is 1.09 bits per heavy atom. The highest BCUT2D eigenvalue weighted by Crippen LogP contribution is 2.34. The Labute approximate surface area is 206 Å². The molecule has 0 atom stereocenters. The molecule has 4 aromatic rings. The van der Waals surface area contributed by atoms with Gasteiger partial charge in [0.1, 0.15) is 12.2 Å². The molecule has 2 N–H and O–H groups in total. The summed E-state index contributed by atoms with van der Waals surface area (Å²) in [5.41, 5.74) is 12.0. The lowest BCUT2D eigenvalue weighted by Gasteiger charge is -2.28. The van der Waals surface area contributed by atoms with Crippen molar-refractivity contribution in [3.8, 4) is 11.1 Å². The van der Waals surface area contributed by atoms with Crippen LogP contribution in [-0.4, -0.2) is 36.3 Å². The highest BCUT2D eigenvalue weighted by molar-refractivity contribution is 5.88. The zero-order chi connectivity index (χ0) is 25.2. The third-order valence-corrected chi connectivity index (χ3v) is 6.63. The molecule has 0 aliphatic heterocycles. The van der Waals surface area contributed by atoms with Gasteiger partial charge in [-0.25, -0.2) is 18.6 Å². The van der Waals surface area contributed by atoms with Gasteiger partial charge in [-0.15, -0.1) is 10.2 Å². The second-order valence-corrected chi connectivity index (χ2v) is 11.6. The summed E-state index contributed by atoms with van der Waals surface area (Å²) in [6.45, 7) is 11.0. The number of hydrogen-bond donors (Lipinski definition) is 1. The first-order valence-corrected chi connectivity index (χ1v) is 12.6.